The van der Waals surface area contributed by atoms with Crippen molar-refractivity contribution in [3.63, 3.8) is 0 Å². The van der Waals surface area contributed by atoms with E-state index in [-0.39, 0.29) is 24.1 Å². The van der Waals surface area contributed by atoms with Crippen molar-refractivity contribution in [1.29, 1.82) is 0 Å². The third-order valence-corrected chi connectivity index (χ3v) is 5.95. The molecule has 2 aliphatic rings. The lowest BCUT2D eigenvalue weighted by Crippen LogP contribution is -2.41. The lowest BCUT2D eigenvalue weighted by atomic mass is 9.94. The molecular formula is C17H17NO6S. The number of terminal acetylenes is 1. The second-order valence-electron chi connectivity index (χ2n) is 5.78. The van der Waals surface area contributed by atoms with Crippen LogP contribution in [0.2, 0.25) is 0 Å². The van der Waals surface area contributed by atoms with Gasteiger partial charge in [-0.3, -0.25) is 4.72 Å². The molecule has 7 nitrogen and oxygen atoms in total. The zero-order chi connectivity index (χ0) is 18.1. The Hall–Kier alpha value is -2.34. The second-order valence-corrected chi connectivity index (χ2v) is 7.64. The average molecular weight is 363 g/mol. The fraction of sp³-hybridized carbons (Fsp3) is 0.353. The summed E-state index contributed by atoms with van der Waals surface area (Å²) in [4.78, 5) is 11.6. The van der Waals surface area contributed by atoms with Gasteiger partial charge in [-0.1, -0.05) is 18.1 Å². The van der Waals surface area contributed by atoms with E-state index in [4.69, 9.17) is 15.9 Å². The van der Waals surface area contributed by atoms with Crippen molar-refractivity contribution in [3.8, 4) is 12.3 Å². The van der Waals surface area contributed by atoms with Crippen LogP contribution in [0.1, 0.15) is 18.4 Å². The summed E-state index contributed by atoms with van der Waals surface area (Å²) in [7, 11) is -4.02. The second kappa shape index (κ2) is 6.52. The van der Waals surface area contributed by atoms with E-state index in [1.807, 2.05) is 0 Å². The number of carbonyl (C=O) groups is 1. The Morgan fingerprint density at radius 2 is 2.00 bits per heavy atom. The van der Waals surface area contributed by atoms with Crippen LogP contribution in [0.3, 0.4) is 0 Å². The van der Waals surface area contributed by atoms with Gasteiger partial charge in [0.25, 0.3) is 0 Å². The number of benzene rings is 1. The van der Waals surface area contributed by atoms with Gasteiger partial charge in [-0.25, -0.2) is 13.2 Å². The summed E-state index contributed by atoms with van der Waals surface area (Å²) in [6.45, 7) is 0.684. The van der Waals surface area contributed by atoms with Crippen LogP contribution in [0.25, 0.3) is 0 Å². The van der Waals surface area contributed by atoms with Crippen LogP contribution in [0, 0.1) is 12.3 Å². The quantitative estimate of drug-likeness (QED) is 0.783. The minimum atomic E-state index is -4.02. The summed E-state index contributed by atoms with van der Waals surface area (Å²) in [5, 5.41) is 8.25. The maximum Gasteiger partial charge on any atom is 0.332 e. The number of anilines is 1. The first kappa shape index (κ1) is 17.5. The van der Waals surface area contributed by atoms with Crippen LogP contribution in [-0.2, 0) is 24.3 Å². The van der Waals surface area contributed by atoms with Gasteiger partial charge in [-0.15, -0.1) is 6.42 Å². The standard InChI is InChI=1S/C17H17NO6S/c1-2-12-5-3-4-6-14(12)18-25(21,22)15-7-8-17(23-9-10-24-17)11-13(15)16(19)20/h1,3-6,11,15,18H,7-10H2,(H,19,20). The van der Waals surface area contributed by atoms with Crippen molar-refractivity contribution in [2.75, 3.05) is 17.9 Å². The molecule has 1 unspecified atom stereocenters. The maximum atomic E-state index is 12.8. The Bertz CT molecular complexity index is 861. The van der Waals surface area contributed by atoms with Crippen LogP contribution < -0.4 is 4.72 Å². The first-order valence-corrected chi connectivity index (χ1v) is 9.23. The summed E-state index contributed by atoms with van der Waals surface area (Å²) < 4.78 is 38.9. The summed E-state index contributed by atoms with van der Waals surface area (Å²) in [5.41, 5.74) is 0.351. The van der Waals surface area contributed by atoms with E-state index in [0.29, 0.717) is 18.8 Å². The summed E-state index contributed by atoms with van der Waals surface area (Å²) in [6, 6.07) is 6.46. The minimum absolute atomic E-state index is 0.0612. The van der Waals surface area contributed by atoms with Gasteiger partial charge in [-0.2, -0.15) is 0 Å². The third kappa shape index (κ3) is 3.39. The Morgan fingerprint density at radius 3 is 2.64 bits per heavy atom. The molecular weight excluding hydrogens is 346 g/mol. The van der Waals surface area contributed by atoms with E-state index in [0.717, 1.165) is 0 Å². The average Bonchev–Trinajstić information content (AvgIpc) is 3.02. The molecule has 1 heterocycles. The van der Waals surface area contributed by atoms with Crippen molar-refractivity contribution in [3.05, 3.63) is 41.5 Å². The highest BCUT2D eigenvalue weighted by Crippen LogP contribution is 2.37. The van der Waals surface area contributed by atoms with Crippen LogP contribution in [-0.4, -0.2) is 43.7 Å². The van der Waals surface area contributed by atoms with Crippen molar-refractivity contribution < 1.29 is 27.8 Å². The smallest absolute Gasteiger partial charge is 0.332 e. The molecule has 0 saturated carbocycles. The van der Waals surface area contributed by atoms with E-state index >= 15 is 0 Å². The predicted octanol–water partition coefficient (Wildman–Crippen LogP) is 1.33. The molecule has 3 rings (SSSR count). The molecule has 1 saturated heterocycles. The van der Waals surface area contributed by atoms with Gasteiger partial charge in [0.05, 0.1) is 24.5 Å². The van der Waals surface area contributed by atoms with Gasteiger partial charge in [0.2, 0.25) is 10.0 Å². The van der Waals surface area contributed by atoms with E-state index in [1.54, 1.807) is 18.2 Å². The molecule has 132 valence electrons. The Balaban J connectivity index is 1.94. The minimum Gasteiger partial charge on any atom is -0.478 e. The SMILES string of the molecule is C#Cc1ccccc1NS(=O)(=O)C1CCC2(C=C1C(=O)O)OCCO2. The molecule has 0 amide bonds. The van der Waals surface area contributed by atoms with Gasteiger partial charge in [0.1, 0.15) is 5.25 Å². The van der Waals surface area contributed by atoms with Gasteiger partial charge < -0.3 is 14.6 Å². The Kier molecular flexibility index (Phi) is 4.56. The largest absolute Gasteiger partial charge is 0.478 e. The van der Waals surface area contributed by atoms with Gasteiger partial charge >= 0.3 is 5.97 Å². The molecule has 1 aromatic carbocycles. The normalized spacial score (nSPS) is 22.2. The molecule has 25 heavy (non-hydrogen) atoms. The monoisotopic (exact) mass is 363 g/mol. The molecule has 1 atom stereocenters. The summed E-state index contributed by atoms with van der Waals surface area (Å²) >= 11 is 0. The number of aliphatic carboxylic acids is 1. The first-order chi connectivity index (χ1) is 11.9. The molecule has 1 aromatic rings. The lowest BCUT2D eigenvalue weighted by Gasteiger charge is -2.32. The number of hydrogen-bond acceptors (Lipinski definition) is 5. The first-order valence-electron chi connectivity index (χ1n) is 7.68. The third-order valence-electron chi connectivity index (χ3n) is 4.21. The van der Waals surface area contributed by atoms with Crippen molar-refractivity contribution in [2.45, 2.75) is 23.9 Å². The Morgan fingerprint density at radius 1 is 1.32 bits per heavy atom. The lowest BCUT2D eigenvalue weighted by molar-refractivity contribution is -0.138. The molecule has 8 heteroatoms. The molecule has 1 fully saturated rings. The van der Waals surface area contributed by atoms with Crippen LogP contribution >= 0.6 is 0 Å². The van der Waals surface area contributed by atoms with E-state index in [9.17, 15) is 18.3 Å². The van der Waals surface area contributed by atoms with Crippen LogP contribution in [0.5, 0.6) is 0 Å². The number of ether oxygens (including phenoxy) is 2. The number of hydrogen-bond donors (Lipinski definition) is 2. The number of carboxylic acids is 1. The maximum absolute atomic E-state index is 12.8. The highest BCUT2D eigenvalue weighted by atomic mass is 32.2. The predicted molar refractivity (Wildman–Crippen MR) is 90.3 cm³/mol. The zero-order valence-corrected chi connectivity index (χ0v) is 14.1. The van der Waals surface area contributed by atoms with Gasteiger partial charge in [0, 0.05) is 12.0 Å². The van der Waals surface area contributed by atoms with E-state index < -0.39 is 27.0 Å². The fourth-order valence-electron chi connectivity index (χ4n) is 3.03. The number of para-hydroxylation sites is 1. The van der Waals surface area contributed by atoms with Crippen molar-refractivity contribution >= 4 is 21.7 Å². The number of sulfonamides is 1. The highest BCUT2D eigenvalue weighted by molar-refractivity contribution is 7.93. The topological polar surface area (TPSA) is 102 Å². The molecule has 1 spiro atoms. The van der Waals surface area contributed by atoms with Crippen molar-refractivity contribution in [2.24, 2.45) is 0 Å². The molecule has 2 N–H and O–H groups in total. The number of nitrogens with one attached hydrogen (secondary N) is 1. The molecule has 0 bridgehead atoms. The number of rotatable bonds is 4. The van der Waals surface area contributed by atoms with Crippen LogP contribution in [0.4, 0.5) is 5.69 Å². The van der Waals surface area contributed by atoms with Crippen LogP contribution in [0.15, 0.2) is 35.9 Å². The molecule has 1 aliphatic carbocycles. The van der Waals surface area contributed by atoms with E-state index in [2.05, 4.69) is 10.6 Å². The molecule has 0 radical (unpaired) electrons. The van der Waals surface area contributed by atoms with Crippen molar-refractivity contribution in [1.82, 2.24) is 0 Å². The fourth-order valence-corrected chi connectivity index (χ4v) is 4.59. The zero-order valence-electron chi connectivity index (χ0n) is 13.3. The van der Waals surface area contributed by atoms with E-state index in [1.165, 1.54) is 12.1 Å². The van der Waals surface area contributed by atoms with Gasteiger partial charge in [-0.05, 0) is 24.6 Å². The summed E-state index contributed by atoms with van der Waals surface area (Å²) in [6.07, 6.45) is 6.96. The molecule has 1 aliphatic heterocycles. The number of carboxylic acid groups (broad SMARTS) is 1. The summed E-state index contributed by atoms with van der Waals surface area (Å²) in [5.74, 6) is -0.0662. The highest BCUT2D eigenvalue weighted by Gasteiger charge is 2.45. The Labute approximate surface area is 145 Å². The molecule has 0 aromatic heterocycles. The van der Waals surface area contributed by atoms with Gasteiger partial charge in [0.15, 0.2) is 5.79 Å².